The molecule has 6 heteroatoms. The molecule has 0 aromatic heterocycles. The monoisotopic (exact) mass is 373 g/mol. The zero-order chi connectivity index (χ0) is 19.6. The lowest BCUT2D eigenvalue weighted by Crippen LogP contribution is -2.44. The number of guanidine groups is 1. The third-order valence-electron chi connectivity index (χ3n) is 5.27. The number of hydrogen-bond donors (Lipinski definition) is 3. The average Bonchev–Trinajstić information content (AvgIpc) is 3.15. The van der Waals surface area contributed by atoms with Crippen molar-refractivity contribution in [3.05, 3.63) is 35.4 Å². The number of carbonyl (C=O) groups is 1. The Morgan fingerprint density at radius 1 is 1.33 bits per heavy atom. The van der Waals surface area contributed by atoms with Crippen LogP contribution >= 0.6 is 0 Å². The lowest BCUT2D eigenvalue weighted by Gasteiger charge is -2.24. The summed E-state index contributed by atoms with van der Waals surface area (Å²) < 4.78 is 0. The summed E-state index contributed by atoms with van der Waals surface area (Å²) >= 11 is 0. The maximum atomic E-state index is 12.3. The van der Waals surface area contributed by atoms with Crippen LogP contribution < -0.4 is 16.0 Å². The van der Waals surface area contributed by atoms with Crippen LogP contribution in [-0.4, -0.2) is 55.5 Å². The lowest BCUT2D eigenvalue weighted by molar-refractivity contribution is 0.0939. The second kappa shape index (κ2) is 10.9. The molecule has 2 rings (SSSR count). The number of hydrogen-bond acceptors (Lipinski definition) is 3. The fourth-order valence-corrected chi connectivity index (χ4v) is 3.40. The Labute approximate surface area is 163 Å². The van der Waals surface area contributed by atoms with E-state index >= 15 is 0 Å². The van der Waals surface area contributed by atoms with Gasteiger partial charge in [-0.2, -0.15) is 0 Å². The molecule has 150 valence electrons. The molecule has 6 nitrogen and oxygen atoms in total. The van der Waals surface area contributed by atoms with Gasteiger partial charge in [0.25, 0.3) is 5.91 Å². The lowest BCUT2D eigenvalue weighted by atomic mass is 10.1. The van der Waals surface area contributed by atoms with Gasteiger partial charge in [0.2, 0.25) is 0 Å². The summed E-state index contributed by atoms with van der Waals surface area (Å²) in [6.45, 7) is 10.1. The molecule has 0 bridgehead atoms. The molecule has 2 atom stereocenters. The van der Waals surface area contributed by atoms with Gasteiger partial charge in [0.1, 0.15) is 0 Å². The van der Waals surface area contributed by atoms with E-state index < -0.39 is 0 Å². The van der Waals surface area contributed by atoms with Gasteiger partial charge in [0.15, 0.2) is 5.96 Å². The molecule has 0 saturated carbocycles. The number of carbonyl (C=O) groups excluding carboxylic acids is 1. The molecule has 1 aromatic carbocycles. The van der Waals surface area contributed by atoms with E-state index in [1.54, 1.807) is 7.05 Å². The Bertz CT molecular complexity index is 631. The number of nitrogens with zero attached hydrogens (tertiary/aromatic N) is 2. The predicted octanol–water partition coefficient (Wildman–Crippen LogP) is 2.36. The van der Waals surface area contributed by atoms with Crippen LogP contribution in [0.3, 0.4) is 0 Å². The first-order chi connectivity index (χ1) is 13.1. The second-order valence-electron chi connectivity index (χ2n) is 7.21. The number of aliphatic imine (C=N–C) groups is 1. The summed E-state index contributed by atoms with van der Waals surface area (Å²) in [5, 5.41) is 9.79. The van der Waals surface area contributed by atoms with Crippen LogP contribution in [-0.2, 0) is 6.54 Å². The third-order valence-corrected chi connectivity index (χ3v) is 5.27. The Hall–Kier alpha value is -2.08. The zero-order valence-corrected chi connectivity index (χ0v) is 17.2. The maximum absolute atomic E-state index is 12.3. The molecule has 3 N–H and O–H groups in total. The van der Waals surface area contributed by atoms with Gasteiger partial charge in [-0.15, -0.1) is 0 Å². The van der Waals surface area contributed by atoms with E-state index in [4.69, 9.17) is 0 Å². The van der Waals surface area contributed by atoms with Crippen molar-refractivity contribution in [1.82, 2.24) is 20.9 Å². The van der Waals surface area contributed by atoms with E-state index in [0.29, 0.717) is 18.2 Å². The van der Waals surface area contributed by atoms with E-state index in [2.05, 4.69) is 39.7 Å². The Morgan fingerprint density at radius 2 is 2.15 bits per heavy atom. The molecule has 1 amide bonds. The highest BCUT2D eigenvalue weighted by Crippen LogP contribution is 2.15. The van der Waals surface area contributed by atoms with Gasteiger partial charge in [-0.25, -0.2) is 0 Å². The summed E-state index contributed by atoms with van der Waals surface area (Å²) in [6.07, 6.45) is 3.44. The number of likely N-dealkylation sites (tertiary alicyclic amines) is 1. The SMILES string of the molecule is CCC(C)NC(=O)c1cccc(CNC(=NC)NCC2CCCN2CC)c1. The summed E-state index contributed by atoms with van der Waals surface area (Å²) in [4.78, 5) is 19.1. The van der Waals surface area contributed by atoms with Crippen LogP contribution in [0.1, 0.15) is 56.0 Å². The Morgan fingerprint density at radius 3 is 2.85 bits per heavy atom. The first-order valence-electron chi connectivity index (χ1n) is 10.2. The molecule has 0 radical (unpaired) electrons. The summed E-state index contributed by atoms with van der Waals surface area (Å²) in [7, 11) is 1.79. The third kappa shape index (κ3) is 6.54. The fourth-order valence-electron chi connectivity index (χ4n) is 3.40. The standard InChI is InChI=1S/C21H35N5O/c1-5-16(3)25-20(27)18-10-7-9-17(13-18)14-23-21(22-4)24-15-19-11-8-12-26(19)6-2/h7,9-10,13,16,19H,5-6,8,11-12,14-15H2,1-4H3,(H,25,27)(H2,22,23,24). The van der Waals surface area contributed by atoms with Crippen molar-refractivity contribution in [3.63, 3.8) is 0 Å². The van der Waals surface area contributed by atoms with E-state index in [1.165, 1.54) is 19.4 Å². The van der Waals surface area contributed by atoms with Crippen molar-refractivity contribution < 1.29 is 4.79 Å². The minimum Gasteiger partial charge on any atom is -0.355 e. The molecule has 2 unspecified atom stereocenters. The first kappa shape index (κ1) is 21.2. The first-order valence-corrected chi connectivity index (χ1v) is 10.2. The van der Waals surface area contributed by atoms with Crippen LogP contribution in [0.5, 0.6) is 0 Å². The van der Waals surface area contributed by atoms with Crippen LogP contribution in [0.25, 0.3) is 0 Å². The van der Waals surface area contributed by atoms with Crippen LogP contribution in [0.4, 0.5) is 0 Å². The Kier molecular flexibility index (Phi) is 8.58. The number of rotatable bonds is 8. The van der Waals surface area contributed by atoms with Crippen molar-refractivity contribution in [2.24, 2.45) is 4.99 Å². The summed E-state index contributed by atoms with van der Waals surface area (Å²) in [6, 6.07) is 8.51. The second-order valence-corrected chi connectivity index (χ2v) is 7.21. The highest BCUT2D eigenvalue weighted by Gasteiger charge is 2.22. The molecule has 1 fully saturated rings. The van der Waals surface area contributed by atoms with Crippen molar-refractivity contribution in [2.75, 3.05) is 26.7 Å². The molecular formula is C21H35N5O. The normalized spacial score (nSPS) is 19.0. The van der Waals surface area contributed by atoms with Gasteiger partial charge in [-0.05, 0) is 57.0 Å². The number of likely N-dealkylation sites (N-methyl/N-ethyl adjacent to an activating group) is 1. The minimum atomic E-state index is -0.0189. The summed E-state index contributed by atoms with van der Waals surface area (Å²) in [5.74, 6) is 0.780. The van der Waals surface area contributed by atoms with Gasteiger partial charge in [-0.1, -0.05) is 26.0 Å². The van der Waals surface area contributed by atoms with Gasteiger partial charge < -0.3 is 16.0 Å². The van der Waals surface area contributed by atoms with E-state index in [-0.39, 0.29) is 11.9 Å². The van der Waals surface area contributed by atoms with Gasteiger partial charge >= 0.3 is 0 Å². The molecule has 0 spiro atoms. The fraction of sp³-hybridized carbons (Fsp3) is 0.619. The smallest absolute Gasteiger partial charge is 0.251 e. The molecule has 1 aliphatic rings. The highest BCUT2D eigenvalue weighted by molar-refractivity contribution is 5.94. The molecular weight excluding hydrogens is 338 g/mol. The van der Waals surface area contributed by atoms with Gasteiger partial charge in [0.05, 0.1) is 0 Å². The van der Waals surface area contributed by atoms with Crippen LogP contribution in [0, 0.1) is 0 Å². The van der Waals surface area contributed by atoms with Gasteiger partial charge in [-0.3, -0.25) is 14.7 Å². The molecule has 27 heavy (non-hydrogen) atoms. The molecule has 1 heterocycles. The number of nitrogens with one attached hydrogen (secondary N) is 3. The topological polar surface area (TPSA) is 68.8 Å². The average molecular weight is 374 g/mol. The predicted molar refractivity (Wildman–Crippen MR) is 112 cm³/mol. The number of benzene rings is 1. The van der Waals surface area contributed by atoms with E-state index in [1.807, 2.05) is 31.2 Å². The molecule has 1 saturated heterocycles. The summed E-state index contributed by atoms with van der Waals surface area (Å²) in [5.41, 5.74) is 1.76. The van der Waals surface area contributed by atoms with E-state index in [9.17, 15) is 4.79 Å². The van der Waals surface area contributed by atoms with Crippen molar-refractivity contribution in [1.29, 1.82) is 0 Å². The van der Waals surface area contributed by atoms with Crippen LogP contribution in [0.2, 0.25) is 0 Å². The largest absolute Gasteiger partial charge is 0.355 e. The van der Waals surface area contributed by atoms with Gasteiger partial charge in [0, 0.05) is 37.8 Å². The maximum Gasteiger partial charge on any atom is 0.251 e. The molecule has 1 aromatic rings. The van der Waals surface area contributed by atoms with Crippen LogP contribution in [0.15, 0.2) is 29.3 Å². The quantitative estimate of drug-likeness (QED) is 0.483. The highest BCUT2D eigenvalue weighted by atomic mass is 16.1. The van der Waals surface area contributed by atoms with Crippen molar-refractivity contribution in [2.45, 2.75) is 58.7 Å². The molecule has 1 aliphatic heterocycles. The Balaban J connectivity index is 1.85. The number of amides is 1. The molecule has 0 aliphatic carbocycles. The zero-order valence-electron chi connectivity index (χ0n) is 17.2. The minimum absolute atomic E-state index is 0.0189. The van der Waals surface area contributed by atoms with E-state index in [0.717, 1.165) is 31.0 Å². The van der Waals surface area contributed by atoms with Crippen molar-refractivity contribution >= 4 is 11.9 Å². The van der Waals surface area contributed by atoms with Crippen molar-refractivity contribution in [3.8, 4) is 0 Å².